The zero-order chi connectivity index (χ0) is 11.8. The van der Waals surface area contributed by atoms with Gasteiger partial charge in [-0.05, 0) is 6.07 Å². The normalized spacial score (nSPS) is 22.5. The molecule has 90 valence electrons. The minimum Gasteiger partial charge on any atom is -0.481 e. The lowest BCUT2D eigenvalue weighted by Gasteiger charge is -2.40. The molecule has 0 saturated carbocycles. The number of anilines is 2. The van der Waals surface area contributed by atoms with Crippen LogP contribution in [0.1, 0.15) is 0 Å². The SMILES string of the molecule is COc1ccc2c(n1)N1CCNCC1C(=O)N2. The van der Waals surface area contributed by atoms with E-state index in [1.165, 1.54) is 0 Å². The fourth-order valence-corrected chi connectivity index (χ4v) is 2.27. The number of carbonyl (C=O) groups is 1. The van der Waals surface area contributed by atoms with Gasteiger partial charge in [-0.15, -0.1) is 0 Å². The van der Waals surface area contributed by atoms with Gasteiger partial charge in [0.05, 0.1) is 12.8 Å². The monoisotopic (exact) mass is 234 g/mol. The first kappa shape index (κ1) is 10.3. The van der Waals surface area contributed by atoms with Gasteiger partial charge in [0.15, 0.2) is 5.82 Å². The summed E-state index contributed by atoms with van der Waals surface area (Å²) < 4.78 is 5.12. The molecular formula is C11H14N4O2. The number of ether oxygens (including phenoxy) is 1. The van der Waals surface area contributed by atoms with Crippen LogP contribution in [0.15, 0.2) is 12.1 Å². The van der Waals surface area contributed by atoms with Gasteiger partial charge in [0.2, 0.25) is 11.8 Å². The Morgan fingerprint density at radius 3 is 3.24 bits per heavy atom. The summed E-state index contributed by atoms with van der Waals surface area (Å²) in [6.45, 7) is 2.30. The third-order valence-electron chi connectivity index (χ3n) is 3.13. The Balaban J connectivity index is 2.04. The van der Waals surface area contributed by atoms with Crippen LogP contribution < -0.4 is 20.3 Å². The van der Waals surface area contributed by atoms with Gasteiger partial charge in [0.25, 0.3) is 0 Å². The number of rotatable bonds is 1. The molecule has 1 amide bonds. The number of hydrogen-bond acceptors (Lipinski definition) is 5. The first-order valence-electron chi connectivity index (χ1n) is 5.63. The van der Waals surface area contributed by atoms with E-state index in [1.54, 1.807) is 13.2 Å². The molecule has 1 atom stereocenters. The van der Waals surface area contributed by atoms with Gasteiger partial charge >= 0.3 is 0 Å². The van der Waals surface area contributed by atoms with Gasteiger partial charge in [0, 0.05) is 25.7 Å². The lowest BCUT2D eigenvalue weighted by Crippen LogP contribution is -2.59. The number of carbonyl (C=O) groups excluding carboxylic acids is 1. The van der Waals surface area contributed by atoms with Gasteiger partial charge in [-0.25, -0.2) is 0 Å². The second kappa shape index (κ2) is 3.89. The molecule has 1 aromatic rings. The van der Waals surface area contributed by atoms with Crippen molar-refractivity contribution in [3.63, 3.8) is 0 Å². The third-order valence-corrected chi connectivity index (χ3v) is 3.13. The molecule has 0 aromatic carbocycles. The Labute approximate surface area is 99.0 Å². The number of nitrogens with one attached hydrogen (secondary N) is 2. The zero-order valence-corrected chi connectivity index (χ0v) is 9.56. The molecule has 0 spiro atoms. The fourth-order valence-electron chi connectivity index (χ4n) is 2.27. The Kier molecular flexibility index (Phi) is 2.36. The predicted molar refractivity (Wildman–Crippen MR) is 63.4 cm³/mol. The smallest absolute Gasteiger partial charge is 0.248 e. The van der Waals surface area contributed by atoms with Crippen LogP contribution in [0.4, 0.5) is 11.5 Å². The standard InChI is InChI=1S/C11H14N4O2/c1-17-9-3-2-7-10(14-9)15-5-4-12-6-8(15)11(16)13-7/h2-3,8,12H,4-6H2,1H3,(H,13,16). The Bertz CT molecular complexity index is 463. The highest BCUT2D eigenvalue weighted by Crippen LogP contribution is 2.32. The lowest BCUT2D eigenvalue weighted by molar-refractivity contribution is -0.117. The van der Waals surface area contributed by atoms with E-state index in [1.807, 2.05) is 11.0 Å². The van der Waals surface area contributed by atoms with Crippen molar-refractivity contribution in [3.05, 3.63) is 12.1 Å². The summed E-state index contributed by atoms with van der Waals surface area (Å²) in [5.41, 5.74) is 0.758. The molecule has 1 fully saturated rings. The van der Waals surface area contributed by atoms with Gasteiger partial charge in [-0.1, -0.05) is 0 Å². The number of amides is 1. The number of pyridine rings is 1. The minimum absolute atomic E-state index is 0.0247. The summed E-state index contributed by atoms with van der Waals surface area (Å²) in [5, 5.41) is 6.08. The van der Waals surface area contributed by atoms with Gasteiger partial charge in [-0.2, -0.15) is 4.98 Å². The molecule has 2 aliphatic rings. The van der Waals surface area contributed by atoms with E-state index in [0.29, 0.717) is 12.4 Å². The molecule has 3 heterocycles. The van der Waals surface area contributed by atoms with Crippen molar-refractivity contribution in [2.75, 3.05) is 37.0 Å². The molecule has 2 aliphatic heterocycles. The average Bonchev–Trinajstić information content (AvgIpc) is 2.39. The summed E-state index contributed by atoms with van der Waals surface area (Å²) in [5.74, 6) is 1.39. The maximum absolute atomic E-state index is 11.9. The van der Waals surface area contributed by atoms with E-state index >= 15 is 0 Å². The van der Waals surface area contributed by atoms with E-state index < -0.39 is 0 Å². The maximum Gasteiger partial charge on any atom is 0.248 e. The molecular weight excluding hydrogens is 220 g/mol. The van der Waals surface area contributed by atoms with Crippen LogP contribution in [0.3, 0.4) is 0 Å². The molecule has 6 heteroatoms. The first-order valence-corrected chi connectivity index (χ1v) is 5.63. The summed E-state index contributed by atoms with van der Waals surface area (Å²) in [7, 11) is 1.59. The van der Waals surface area contributed by atoms with Crippen LogP contribution >= 0.6 is 0 Å². The molecule has 0 bridgehead atoms. The molecule has 0 radical (unpaired) electrons. The fraction of sp³-hybridized carbons (Fsp3) is 0.455. The molecule has 1 unspecified atom stereocenters. The molecule has 1 aromatic heterocycles. The van der Waals surface area contributed by atoms with Crippen molar-refractivity contribution in [1.82, 2.24) is 10.3 Å². The van der Waals surface area contributed by atoms with Crippen molar-refractivity contribution >= 4 is 17.4 Å². The lowest BCUT2D eigenvalue weighted by atomic mass is 10.1. The van der Waals surface area contributed by atoms with Crippen LogP contribution in [0.25, 0.3) is 0 Å². The second-order valence-corrected chi connectivity index (χ2v) is 4.13. The number of hydrogen-bond donors (Lipinski definition) is 2. The van der Waals surface area contributed by atoms with Crippen molar-refractivity contribution in [2.24, 2.45) is 0 Å². The Morgan fingerprint density at radius 2 is 2.41 bits per heavy atom. The van der Waals surface area contributed by atoms with E-state index in [2.05, 4.69) is 15.6 Å². The highest BCUT2D eigenvalue weighted by atomic mass is 16.5. The molecule has 1 saturated heterocycles. The van der Waals surface area contributed by atoms with Crippen LogP contribution in [0.5, 0.6) is 5.88 Å². The number of piperazine rings is 1. The summed E-state index contributed by atoms with van der Waals surface area (Å²) in [4.78, 5) is 18.3. The largest absolute Gasteiger partial charge is 0.481 e. The van der Waals surface area contributed by atoms with Crippen LogP contribution in [-0.2, 0) is 4.79 Å². The van der Waals surface area contributed by atoms with Crippen LogP contribution in [0, 0.1) is 0 Å². The first-order chi connectivity index (χ1) is 8.29. The van der Waals surface area contributed by atoms with E-state index in [0.717, 1.165) is 24.6 Å². The molecule has 17 heavy (non-hydrogen) atoms. The number of methoxy groups -OCH3 is 1. The van der Waals surface area contributed by atoms with Gasteiger partial charge < -0.3 is 20.3 Å². The minimum atomic E-state index is -0.171. The van der Waals surface area contributed by atoms with Crippen molar-refractivity contribution < 1.29 is 9.53 Å². The Morgan fingerprint density at radius 1 is 1.53 bits per heavy atom. The zero-order valence-electron chi connectivity index (χ0n) is 9.56. The quantitative estimate of drug-likeness (QED) is 0.705. The van der Waals surface area contributed by atoms with E-state index in [4.69, 9.17) is 4.74 Å². The topological polar surface area (TPSA) is 66.5 Å². The molecule has 6 nitrogen and oxygen atoms in total. The molecule has 2 N–H and O–H groups in total. The average molecular weight is 234 g/mol. The van der Waals surface area contributed by atoms with E-state index in [9.17, 15) is 4.79 Å². The van der Waals surface area contributed by atoms with Crippen molar-refractivity contribution in [2.45, 2.75) is 6.04 Å². The highest BCUT2D eigenvalue weighted by Gasteiger charge is 2.35. The summed E-state index contributed by atoms with van der Waals surface area (Å²) in [6, 6.07) is 3.41. The van der Waals surface area contributed by atoms with Crippen molar-refractivity contribution in [1.29, 1.82) is 0 Å². The van der Waals surface area contributed by atoms with Crippen molar-refractivity contribution in [3.8, 4) is 5.88 Å². The van der Waals surface area contributed by atoms with Gasteiger partial charge in [0.1, 0.15) is 6.04 Å². The summed E-state index contributed by atoms with van der Waals surface area (Å²) >= 11 is 0. The third kappa shape index (κ3) is 1.61. The molecule has 0 aliphatic carbocycles. The van der Waals surface area contributed by atoms with Crippen LogP contribution in [0.2, 0.25) is 0 Å². The maximum atomic E-state index is 11.9. The second-order valence-electron chi connectivity index (χ2n) is 4.13. The molecule has 3 rings (SSSR count). The highest BCUT2D eigenvalue weighted by molar-refractivity contribution is 6.03. The van der Waals surface area contributed by atoms with Gasteiger partial charge in [-0.3, -0.25) is 4.79 Å². The van der Waals surface area contributed by atoms with E-state index in [-0.39, 0.29) is 11.9 Å². The van der Waals surface area contributed by atoms with Crippen LogP contribution in [-0.4, -0.2) is 43.7 Å². The number of fused-ring (bicyclic) bond motifs is 3. The summed E-state index contributed by atoms with van der Waals surface area (Å²) in [6.07, 6.45) is 0. The Hall–Kier alpha value is -1.82. The number of aromatic nitrogens is 1. The predicted octanol–water partition coefficient (Wildman–Crippen LogP) is -0.180. The number of nitrogens with zero attached hydrogens (tertiary/aromatic N) is 2.